The number of nitrogens with zero attached hydrogens (tertiary/aromatic N) is 1. The zero-order valence-electron chi connectivity index (χ0n) is 9.79. The molecule has 1 saturated heterocycles. The number of rotatable bonds is 6. The van der Waals surface area contributed by atoms with Crippen LogP contribution in [0, 0.1) is 0 Å². The SMILES string of the molecule is CCOCCC(=O)N1CCCC1CNC. The highest BCUT2D eigenvalue weighted by atomic mass is 16.5. The number of likely N-dealkylation sites (tertiary alicyclic amines) is 1. The van der Waals surface area contributed by atoms with Crippen LogP contribution in [0.4, 0.5) is 0 Å². The maximum absolute atomic E-state index is 11.8. The lowest BCUT2D eigenvalue weighted by molar-refractivity contribution is -0.133. The summed E-state index contributed by atoms with van der Waals surface area (Å²) < 4.78 is 5.20. The second-order valence-electron chi connectivity index (χ2n) is 3.89. The highest BCUT2D eigenvalue weighted by Crippen LogP contribution is 2.17. The molecule has 0 aromatic carbocycles. The third-order valence-electron chi connectivity index (χ3n) is 2.80. The Morgan fingerprint density at radius 1 is 1.60 bits per heavy atom. The first kappa shape index (κ1) is 12.5. The van der Waals surface area contributed by atoms with Crippen LogP contribution in [0.2, 0.25) is 0 Å². The van der Waals surface area contributed by atoms with Crippen LogP contribution in [0.1, 0.15) is 26.2 Å². The minimum absolute atomic E-state index is 0.237. The molecular formula is C11H22N2O2. The molecule has 1 aliphatic rings. The zero-order valence-corrected chi connectivity index (χ0v) is 9.79. The molecule has 1 amide bonds. The second-order valence-corrected chi connectivity index (χ2v) is 3.89. The van der Waals surface area contributed by atoms with Crippen molar-refractivity contribution in [2.75, 3.05) is 33.4 Å². The summed E-state index contributed by atoms with van der Waals surface area (Å²) in [6, 6.07) is 0.393. The summed E-state index contributed by atoms with van der Waals surface area (Å²) in [5, 5.41) is 3.14. The molecule has 88 valence electrons. The minimum Gasteiger partial charge on any atom is -0.381 e. The lowest BCUT2D eigenvalue weighted by Gasteiger charge is -2.24. The molecule has 1 aliphatic heterocycles. The number of amides is 1. The van der Waals surface area contributed by atoms with Gasteiger partial charge in [0.15, 0.2) is 0 Å². The molecule has 4 heteroatoms. The van der Waals surface area contributed by atoms with Gasteiger partial charge in [0, 0.05) is 25.7 Å². The molecule has 15 heavy (non-hydrogen) atoms. The predicted octanol–water partition coefficient (Wildman–Crippen LogP) is 0.623. The zero-order chi connectivity index (χ0) is 11.1. The standard InChI is InChI=1S/C11H22N2O2/c1-3-15-8-6-11(14)13-7-4-5-10(13)9-12-2/h10,12H,3-9H2,1-2H3. The third kappa shape index (κ3) is 3.80. The Kier molecular flexibility index (Phi) is 5.65. The van der Waals surface area contributed by atoms with Gasteiger partial charge in [-0.05, 0) is 26.8 Å². The van der Waals surface area contributed by atoms with Crippen LogP contribution in [0.3, 0.4) is 0 Å². The van der Waals surface area contributed by atoms with Gasteiger partial charge in [0.05, 0.1) is 13.0 Å². The summed E-state index contributed by atoms with van der Waals surface area (Å²) in [4.78, 5) is 13.8. The quantitative estimate of drug-likeness (QED) is 0.659. The normalized spacial score (nSPS) is 20.9. The Hall–Kier alpha value is -0.610. The average Bonchev–Trinajstić information content (AvgIpc) is 2.67. The van der Waals surface area contributed by atoms with Crippen molar-refractivity contribution in [2.45, 2.75) is 32.2 Å². The minimum atomic E-state index is 0.237. The topological polar surface area (TPSA) is 41.6 Å². The van der Waals surface area contributed by atoms with Crippen molar-refractivity contribution in [1.29, 1.82) is 0 Å². The van der Waals surface area contributed by atoms with E-state index in [9.17, 15) is 4.79 Å². The summed E-state index contributed by atoms with van der Waals surface area (Å²) in [6.07, 6.45) is 2.78. The molecule has 0 bridgehead atoms. The van der Waals surface area contributed by atoms with E-state index in [-0.39, 0.29) is 5.91 Å². The average molecular weight is 214 g/mol. The van der Waals surface area contributed by atoms with E-state index in [1.807, 2.05) is 18.9 Å². The van der Waals surface area contributed by atoms with Crippen LogP contribution in [-0.4, -0.2) is 50.2 Å². The monoisotopic (exact) mass is 214 g/mol. The van der Waals surface area contributed by atoms with Crippen LogP contribution in [0.5, 0.6) is 0 Å². The molecule has 1 heterocycles. The largest absolute Gasteiger partial charge is 0.381 e. The van der Waals surface area contributed by atoms with Crippen molar-refractivity contribution < 1.29 is 9.53 Å². The second kappa shape index (κ2) is 6.80. The first-order valence-electron chi connectivity index (χ1n) is 5.81. The molecule has 0 spiro atoms. The van der Waals surface area contributed by atoms with Gasteiger partial charge in [0.25, 0.3) is 0 Å². The van der Waals surface area contributed by atoms with Crippen LogP contribution >= 0.6 is 0 Å². The molecule has 4 nitrogen and oxygen atoms in total. The predicted molar refractivity (Wildman–Crippen MR) is 59.8 cm³/mol. The van der Waals surface area contributed by atoms with Gasteiger partial charge in [0.1, 0.15) is 0 Å². The molecule has 0 aromatic heterocycles. The van der Waals surface area contributed by atoms with Crippen molar-refractivity contribution in [3.05, 3.63) is 0 Å². The van der Waals surface area contributed by atoms with Crippen LogP contribution in [-0.2, 0) is 9.53 Å². The van der Waals surface area contributed by atoms with E-state index in [1.165, 1.54) is 0 Å². The van der Waals surface area contributed by atoms with Crippen molar-refractivity contribution in [3.8, 4) is 0 Å². The number of likely N-dealkylation sites (N-methyl/N-ethyl adjacent to an activating group) is 1. The molecule has 1 fully saturated rings. The summed E-state index contributed by atoms with van der Waals surface area (Å²) in [7, 11) is 1.93. The first-order chi connectivity index (χ1) is 7.29. The summed E-state index contributed by atoms with van der Waals surface area (Å²) in [5.74, 6) is 0.237. The number of carbonyl (C=O) groups excluding carboxylic acids is 1. The van der Waals surface area contributed by atoms with E-state index in [0.717, 1.165) is 25.9 Å². The number of ether oxygens (including phenoxy) is 1. The molecule has 1 unspecified atom stereocenters. The fourth-order valence-electron chi connectivity index (χ4n) is 2.06. The molecule has 1 atom stereocenters. The summed E-state index contributed by atoms with van der Waals surface area (Å²) in [5.41, 5.74) is 0. The van der Waals surface area contributed by atoms with E-state index in [1.54, 1.807) is 0 Å². The number of hydrogen-bond donors (Lipinski definition) is 1. The summed E-state index contributed by atoms with van der Waals surface area (Å²) in [6.45, 7) is 5.01. The van der Waals surface area contributed by atoms with Gasteiger partial charge in [-0.3, -0.25) is 4.79 Å². The van der Waals surface area contributed by atoms with Gasteiger partial charge in [0.2, 0.25) is 5.91 Å². The number of carbonyl (C=O) groups is 1. The van der Waals surface area contributed by atoms with E-state index in [0.29, 0.717) is 25.7 Å². The lowest BCUT2D eigenvalue weighted by Crippen LogP contribution is -2.41. The third-order valence-corrected chi connectivity index (χ3v) is 2.80. The van der Waals surface area contributed by atoms with Gasteiger partial charge < -0.3 is 15.0 Å². The van der Waals surface area contributed by atoms with E-state index < -0.39 is 0 Å². The summed E-state index contributed by atoms with van der Waals surface area (Å²) >= 11 is 0. The first-order valence-corrected chi connectivity index (χ1v) is 5.81. The Balaban J connectivity index is 2.30. The highest BCUT2D eigenvalue weighted by molar-refractivity contribution is 5.76. The van der Waals surface area contributed by atoms with Crippen molar-refractivity contribution in [2.24, 2.45) is 0 Å². The maximum atomic E-state index is 11.8. The van der Waals surface area contributed by atoms with Crippen molar-refractivity contribution in [1.82, 2.24) is 10.2 Å². The van der Waals surface area contributed by atoms with Crippen molar-refractivity contribution in [3.63, 3.8) is 0 Å². The lowest BCUT2D eigenvalue weighted by atomic mass is 10.2. The van der Waals surface area contributed by atoms with Crippen molar-refractivity contribution >= 4 is 5.91 Å². The highest BCUT2D eigenvalue weighted by Gasteiger charge is 2.27. The Morgan fingerprint density at radius 2 is 2.40 bits per heavy atom. The van der Waals surface area contributed by atoms with Gasteiger partial charge in [-0.1, -0.05) is 0 Å². The van der Waals surface area contributed by atoms with Gasteiger partial charge in [-0.15, -0.1) is 0 Å². The fraction of sp³-hybridized carbons (Fsp3) is 0.909. The molecular weight excluding hydrogens is 192 g/mol. The Morgan fingerprint density at radius 3 is 3.07 bits per heavy atom. The molecule has 1 rings (SSSR count). The van der Waals surface area contributed by atoms with Gasteiger partial charge >= 0.3 is 0 Å². The van der Waals surface area contributed by atoms with E-state index in [2.05, 4.69) is 5.32 Å². The fourth-order valence-corrected chi connectivity index (χ4v) is 2.06. The van der Waals surface area contributed by atoms with Gasteiger partial charge in [-0.25, -0.2) is 0 Å². The van der Waals surface area contributed by atoms with Crippen LogP contribution in [0.25, 0.3) is 0 Å². The smallest absolute Gasteiger partial charge is 0.225 e. The maximum Gasteiger partial charge on any atom is 0.225 e. The Bertz CT molecular complexity index is 197. The number of hydrogen-bond acceptors (Lipinski definition) is 3. The van der Waals surface area contributed by atoms with Gasteiger partial charge in [-0.2, -0.15) is 0 Å². The van der Waals surface area contributed by atoms with Crippen LogP contribution in [0.15, 0.2) is 0 Å². The van der Waals surface area contributed by atoms with E-state index in [4.69, 9.17) is 4.74 Å². The molecule has 0 radical (unpaired) electrons. The molecule has 0 aliphatic carbocycles. The van der Waals surface area contributed by atoms with Crippen LogP contribution < -0.4 is 5.32 Å². The van der Waals surface area contributed by atoms with E-state index >= 15 is 0 Å². The molecule has 1 N–H and O–H groups in total. The number of nitrogens with one attached hydrogen (secondary N) is 1. The molecule has 0 aromatic rings. The molecule has 0 saturated carbocycles. The Labute approximate surface area is 92.0 Å².